The summed E-state index contributed by atoms with van der Waals surface area (Å²) in [5, 5.41) is 21.4. The average molecular weight is 1790 g/mol. The molecule has 0 fully saturated rings. The van der Waals surface area contributed by atoms with E-state index >= 15 is 0 Å². The van der Waals surface area contributed by atoms with Crippen molar-refractivity contribution in [2.24, 2.45) is 0 Å². The molecule has 0 bridgehead atoms. The number of amides is 9. The summed E-state index contributed by atoms with van der Waals surface area (Å²) in [4.78, 5) is 171. The van der Waals surface area contributed by atoms with Crippen LogP contribution >= 0.6 is 0 Å². The van der Waals surface area contributed by atoms with Crippen LogP contribution < -0.4 is 42.5 Å². The second-order valence-electron chi connectivity index (χ2n) is 35.8. The number of ether oxygens (including phenoxy) is 15. The lowest BCUT2D eigenvalue weighted by atomic mass is 9.98. The largest absolute Gasteiger partial charge is 0.460 e. The topological polar surface area (TPSA) is 460 Å². The van der Waals surface area contributed by atoms with Gasteiger partial charge in [0.15, 0.2) is 0 Å². The summed E-state index contributed by atoms with van der Waals surface area (Å²) in [5.74, 6) is -5.88. The van der Waals surface area contributed by atoms with E-state index < -0.39 is 137 Å². The van der Waals surface area contributed by atoms with Gasteiger partial charge in [-0.2, -0.15) is 0 Å². The SMILES string of the molecule is CC(C)(C)OC(=O)CC[C@H](NC(=O)N[C@@H](CCCCNC(=O)CCOCCOCCOCCOCCNC(=O)CN(CC(=O)NCCOCCOCCOCCOCCC(=O)NCCCC[C@H](NC(=O)N[C@@H](CCC(=O)OC(C)(C)C)C(=O)OC(C)(C)C)C(=O)OC(C)(C)C)C(=O)OCC1c2ccccc2-c2ccccc21)C(=O)OC(C)(C)C)C(=O)OC(C)(C)C. The summed E-state index contributed by atoms with van der Waals surface area (Å²) in [6, 6.07) is 9.37. The quantitative estimate of drug-likeness (QED) is 0.0179. The zero-order valence-electron chi connectivity index (χ0n) is 77.6. The Labute approximate surface area is 743 Å². The molecule has 0 aromatic heterocycles. The number of fused-ring (bicyclic) bond motifs is 3. The summed E-state index contributed by atoms with van der Waals surface area (Å²) in [6.45, 7) is 33.7. The van der Waals surface area contributed by atoms with Crippen molar-refractivity contribution in [2.45, 2.75) is 265 Å². The van der Waals surface area contributed by atoms with Crippen LogP contribution in [0.5, 0.6) is 0 Å². The Morgan fingerprint density at radius 1 is 0.310 bits per heavy atom. The molecule has 126 heavy (non-hydrogen) atoms. The number of carbonyl (C=O) groups is 13. The molecule has 2 aromatic rings. The standard InChI is InChI=1S/C89H145N9O28/c1-84(2,3)121-75(103)35-33-69(79(107)125-88(13,14)15)96-81(109)94-67(77(105)123-86(7,8)9)31-23-25-39-90-71(99)37-43-112-47-51-116-55-57-118-53-49-114-45-41-92-73(101)59-98(83(111)120-61-66-64-29-21-19-27-62(64)63-28-20-22-30-65(63)66)60-74(102)93-42-46-115-50-54-119-58-56-117-52-48-113-44-38-72(100)91-40-26-24-32-68(78(106)124-87(10,11)12)95-82(110)97-70(80(108)126-89(16,17)18)34-36-76(104)122-85(4,5)6/h19-22,27-30,66-70H,23-26,31-61H2,1-18H3,(H,90,99)(H,91,100)(H,92,101)(H,93,102)(H2,94,96,109)(H2,95,97,110)/t67-,68-,69-,70-/m0/s1. The normalized spacial score (nSPS) is 13.2. The van der Waals surface area contributed by atoms with Crippen molar-refractivity contribution in [1.82, 2.24) is 47.4 Å². The molecule has 0 spiro atoms. The molecule has 9 amide bonds. The van der Waals surface area contributed by atoms with E-state index in [-0.39, 0.29) is 195 Å². The molecule has 1 aliphatic rings. The van der Waals surface area contributed by atoms with Crippen molar-refractivity contribution in [1.29, 1.82) is 0 Å². The van der Waals surface area contributed by atoms with Crippen molar-refractivity contribution in [3.63, 3.8) is 0 Å². The first-order valence-corrected chi connectivity index (χ1v) is 43.4. The van der Waals surface area contributed by atoms with Gasteiger partial charge in [-0.1, -0.05) is 48.5 Å². The number of rotatable bonds is 60. The van der Waals surface area contributed by atoms with Gasteiger partial charge in [0, 0.05) is 57.8 Å². The highest BCUT2D eigenvalue weighted by molar-refractivity contribution is 5.90. The maximum Gasteiger partial charge on any atom is 0.410 e. The highest BCUT2D eigenvalue weighted by Gasteiger charge is 2.36. The summed E-state index contributed by atoms with van der Waals surface area (Å²) >= 11 is 0. The van der Waals surface area contributed by atoms with Gasteiger partial charge in [0.1, 0.15) is 77.5 Å². The molecule has 37 heteroatoms. The Hall–Kier alpha value is -9.37. The molecule has 0 heterocycles. The first kappa shape index (κ1) is 111. The molecular formula is C89H145N9O28. The number of carbonyl (C=O) groups excluding carboxylic acids is 13. The van der Waals surface area contributed by atoms with Crippen molar-refractivity contribution < 1.29 is 133 Å². The van der Waals surface area contributed by atoms with E-state index in [1.165, 1.54) is 0 Å². The molecule has 2 aromatic carbocycles. The molecule has 37 nitrogen and oxygen atoms in total. The number of urea groups is 2. The third kappa shape index (κ3) is 54.0. The summed E-state index contributed by atoms with van der Waals surface area (Å²) in [7, 11) is 0. The number of unbranched alkanes of at least 4 members (excludes halogenated alkanes) is 2. The van der Waals surface area contributed by atoms with E-state index in [0.29, 0.717) is 38.8 Å². The van der Waals surface area contributed by atoms with E-state index in [2.05, 4.69) is 42.5 Å². The number of benzene rings is 2. The van der Waals surface area contributed by atoms with Crippen molar-refractivity contribution in [3.8, 4) is 11.1 Å². The predicted octanol–water partition coefficient (Wildman–Crippen LogP) is 7.64. The Morgan fingerprint density at radius 3 is 0.881 bits per heavy atom. The van der Waals surface area contributed by atoms with Crippen LogP contribution in [0.4, 0.5) is 14.4 Å². The molecule has 0 saturated heterocycles. The molecule has 0 aliphatic heterocycles. The molecule has 4 atom stereocenters. The second kappa shape index (κ2) is 58.2. The van der Waals surface area contributed by atoms with E-state index in [4.69, 9.17) is 71.1 Å². The first-order chi connectivity index (χ1) is 59.2. The minimum Gasteiger partial charge on any atom is -0.460 e. The highest BCUT2D eigenvalue weighted by Crippen LogP contribution is 2.44. The van der Waals surface area contributed by atoms with Crippen molar-refractivity contribution in [3.05, 3.63) is 59.7 Å². The number of nitrogens with zero attached hydrogens (tertiary/aromatic N) is 1. The minimum absolute atomic E-state index is 0.0339. The maximum atomic E-state index is 13.8. The van der Waals surface area contributed by atoms with Crippen molar-refractivity contribution >= 4 is 77.6 Å². The monoisotopic (exact) mass is 1790 g/mol. The fourth-order valence-electron chi connectivity index (χ4n) is 11.8. The van der Waals surface area contributed by atoms with Crippen molar-refractivity contribution in [2.75, 3.05) is 152 Å². The van der Waals surface area contributed by atoms with Gasteiger partial charge in [-0.05, 0) is 198 Å². The number of nitrogens with one attached hydrogen (secondary N) is 8. The molecule has 1 aliphatic carbocycles. The lowest BCUT2D eigenvalue weighted by molar-refractivity contribution is -0.160. The summed E-state index contributed by atoms with van der Waals surface area (Å²) in [6.07, 6.45) is 0.795. The van der Waals surface area contributed by atoms with Crippen LogP contribution in [0.1, 0.15) is 219 Å². The van der Waals surface area contributed by atoms with Gasteiger partial charge in [0.05, 0.1) is 106 Å². The lowest BCUT2D eigenvalue weighted by Crippen LogP contribution is -2.53. The van der Waals surface area contributed by atoms with Crippen LogP contribution in [-0.4, -0.2) is 292 Å². The van der Waals surface area contributed by atoms with Crippen LogP contribution in [0.3, 0.4) is 0 Å². The Bertz CT molecular complexity index is 3450. The number of hydrogen-bond donors (Lipinski definition) is 8. The maximum absolute atomic E-state index is 13.8. The van der Waals surface area contributed by atoms with Gasteiger partial charge in [-0.15, -0.1) is 0 Å². The molecule has 714 valence electrons. The summed E-state index contributed by atoms with van der Waals surface area (Å²) < 4.78 is 83.4. The zero-order valence-corrected chi connectivity index (χ0v) is 77.6. The van der Waals surface area contributed by atoms with Crippen LogP contribution in [0, 0.1) is 0 Å². The van der Waals surface area contributed by atoms with Gasteiger partial charge < -0.3 is 114 Å². The molecule has 8 N–H and O–H groups in total. The average Bonchev–Trinajstić information content (AvgIpc) is 1.61. The molecule has 0 unspecified atom stereocenters. The van der Waals surface area contributed by atoms with Crippen LogP contribution in [-0.2, 0) is 119 Å². The molecule has 3 rings (SSSR count). The third-order valence-corrected chi connectivity index (χ3v) is 17.2. The van der Waals surface area contributed by atoms with Gasteiger partial charge in [0.25, 0.3) is 0 Å². The zero-order chi connectivity index (χ0) is 93.9. The third-order valence-electron chi connectivity index (χ3n) is 17.2. The molecule has 0 radical (unpaired) electrons. The minimum atomic E-state index is -1.23. The number of hydrogen-bond acceptors (Lipinski definition) is 28. The van der Waals surface area contributed by atoms with Crippen LogP contribution in [0.2, 0.25) is 0 Å². The van der Waals surface area contributed by atoms with Gasteiger partial charge >= 0.3 is 54.0 Å². The molecule has 0 saturated carbocycles. The highest BCUT2D eigenvalue weighted by atomic mass is 16.6. The predicted molar refractivity (Wildman–Crippen MR) is 464 cm³/mol. The van der Waals surface area contributed by atoms with E-state index in [1.807, 2.05) is 48.5 Å². The molecular weight excluding hydrogens is 1640 g/mol. The van der Waals surface area contributed by atoms with E-state index in [1.54, 1.807) is 125 Å². The van der Waals surface area contributed by atoms with Crippen LogP contribution in [0.15, 0.2) is 48.5 Å². The summed E-state index contributed by atoms with van der Waals surface area (Å²) in [5.41, 5.74) is -0.960. The Kier molecular flexibility index (Phi) is 51.1. The number of esters is 6. The lowest BCUT2D eigenvalue weighted by Gasteiger charge is -2.27. The van der Waals surface area contributed by atoms with E-state index in [9.17, 15) is 62.3 Å². The van der Waals surface area contributed by atoms with E-state index in [0.717, 1.165) is 27.2 Å². The fraction of sp³-hybridized carbons (Fsp3) is 0.719. The Balaban J connectivity index is 1.29. The second-order valence-corrected chi connectivity index (χ2v) is 35.8. The Morgan fingerprint density at radius 2 is 0.579 bits per heavy atom. The van der Waals surface area contributed by atoms with Gasteiger partial charge in [-0.3, -0.25) is 33.7 Å². The van der Waals surface area contributed by atoms with Gasteiger partial charge in [0.2, 0.25) is 23.6 Å². The van der Waals surface area contributed by atoms with Crippen LogP contribution in [0.25, 0.3) is 11.1 Å². The first-order valence-electron chi connectivity index (χ1n) is 43.4. The smallest absolute Gasteiger partial charge is 0.410 e. The van der Waals surface area contributed by atoms with Gasteiger partial charge in [-0.25, -0.2) is 33.6 Å². The fourth-order valence-corrected chi connectivity index (χ4v) is 11.8.